The van der Waals surface area contributed by atoms with Gasteiger partial charge >= 0.3 is 5.97 Å². The largest absolute Gasteiger partial charge is 0.457 e. The Morgan fingerprint density at radius 1 is 1.75 bits per heavy atom. The highest BCUT2D eigenvalue weighted by Gasteiger charge is 2.10. The Labute approximate surface area is 57.7 Å². The molecule has 0 saturated heterocycles. The molecular weight excluding hydrogens is 151 g/mol. The molecule has 0 rings (SSSR count). The van der Waals surface area contributed by atoms with Crippen LogP contribution in [0.5, 0.6) is 0 Å². The molecule has 0 N–H and O–H groups in total. The molecule has 0 aliphatic heterocycles. The molecule has 0 heterocycles. The number of hydrogen-bond acceptors (Lipinski definition) is 2. The number of carbonyl (C=O) groups is 1. The van der Waals surface area contributed by atoms with Crippen LogP contribution in [0, 0.1) is 6.61 Å². The lowest BCUT2D eigenvalue weighted by atomic mass is 10.7. The number of halogens is 2. The number of esters is 1. The van der Waals surface area contributed by atoms with Crippen LogP contribution in [0.3, 0.4) is 0 Å². The fourth-order valence-corrected chi connectivity index (χ4v) is 0.270. The van der Waals surface area contributed by atoms with E-state index in [1.54, 1.807) is 6.92 Å². The molecule has 0 amide bonds. The second-order valence-corrected chi connectivity index (χ2v) is 2.07. The minimum Gasteiger partial charge on any atom is -0.457 e. The normalized spacial score (nSPS) is 9.50. The van der Waals surface area contributed by atoms with Crippen molar-refractivity contribution in [3.8, 4) is 0 Å². The summed E-state index contributed by atoms with van der Waals surface area (Å²) in [7, 11) is 0. The zero-order chi connectivity index (χ0) is 6.57. The highest BCUT2D eigenvalue weighted by molar-refractivity contribution is 6.52. The van der Waals surface area contributed by atoms with Crippen LogP contribution in [0.15, 0.2) is 0 Å². The summed E-state index contributed by atoms with van der Waals surface area (Å²) >= 11 is 10.2. The fourth-order valence-electron chi connectivity index (χ4n) is 0.168. The van der Waals surface area contributed by atoms with Gasteiger partial charge in [0.2, 0.25) is 4.84 Å². The van der Waals surface area contributed by atoms with Crippen molar-refractivity contribution in [2.75, 3.05) is 0 Å². The number of carbonyl (C=O) groups excluding carboxylic acids is 1. The van der Waals surface area contributed by atoms with Gasteiger partial charge < -0.3 is 4.74 Å². The van der Waals surface area contributed by atoms with Gasteiger partial charge in [-0.1, -0.05) is 23.2 Å². The van der Waals surface area contributed by atoms with E-state index >= 15 is 0 Å². The lowest BCUT2D eigenvalue weighted by molar-refractivity contribution is -0.137. The summed E-state index contributed by atoms with van der Waals surface area (Å²) in [5.74, 6) is -0.643. The molecule has 0 bridgehead atoms. The molecule has 0 aromatic carbocycles. The molecular formula is C4H5Cl2O2. The van der Waals surface area contributed by atoms with Crippen LogP contribution < -0.4 is 0 Å². The summed E-state index contributed by atoms with van der Waals surface area (Å²) in [6, 6.07) is 0. The molecule has 0 spiro atoms. The van der Waals surface area contributed by atoms with E-state index in [-0.39, 0.29) is 0 Å². The van der Waals surface area contributed by atoms with Crippen LogP contribution in [0.4, 0.5) is 0 Å². The van der Waals surface area contributed by atoms with Crippen LogP contribution in [0.1, 0.15) is 6.92 Å². The maximum absolute atomic E-state index is 10.2. The van der Waals surface area contributed by atoms with E-state index in [0.717, 1.165) is 0 Å². The molecule has 0 saturated carbocycles. The second kappa shape index (κ2) is 3.98. The van der Waals surface area contributed by atoms with E-state index in [9.17, 15) is 4.79 Å². The molecule has 0 aliphatic carbocycles. The first-order chi connectivity index (χ1) is 3.68. The Balaban J connectivity index is 3.33. The van der Waals surface area contributed by atoms with Gasteiger partial charge in [-0.15, -0.1) is 0 Å². The van der Waals surface area contributed by atoms with Crippen molar-refractivity contribution < 1.29 is 9.53 Å². The predicted molar refractivity (Wildman–Crippen MR) is 31.6 cm³/mol. The topological polar surface area (TPSA) is 26.3 Å². The summed E-state index contributed by atoms with van der Waals surface area (Å²) < 4.78 is 4.28. The van der Waals surface area contributed by atoms with Crippen molar-refractivity contribution >= 4 is 29.2 Å². The van der Waals surface area contributed by atoms with Crippen molar-refractivity contribution in [3.63, 3.8) is 0 Å². The molecule has 0 aliphatic rings. The van der Waals surface area contributed by atoms with Crippen LogP contribution >= 0.6 is 23.2 Å². The van der Waals surface area contributed by atoms with Crippen molar-refractivity contribution in [2.24, 2.45) is 0 Å². The van der Waals surface area contributed by atoms with Crippen LogP contribution in [-0.2, 0) is 9.53 Å². The second-order valence-electron chi connectivity index (χ2n) is 0.973. The quantitative estimate of drug-likeness (QED) is 0.447. The highest BCUT2D eigenvalue weighted by atomic mass is 35.5. The van der Waals surface area contributed by atoms with E-state index in [1.165, 1.54) is 6.61 Å². The van der Waals surface area contributed by atoms with Crippen LogP contribution in [-0.4, -0.2) is 10.8 Å². The standard InChI is InChI=1S/C4H5Cl2O2/c1-2-8-4(7)3(5)6/h2-3H,1H3. The Kier molecular flexibility index (Phi) is 4.01. The molecule has 1 radical (unpaired) electrons. The number of hydrogen-bond donors (Lipinski definition) is 0. The first kappa shape index (κ1) is 8.05. The molecule has 2 nitrogen and oxygen atoms in total. The fraction of sp³-hybridized carbons (Fsp3) is 0.500. The van der Waals surface area contributed by atoms with Gasteiger partial charge in [0.15, 0.2) is 0 Å². The summed E-state index contributed by atoms with van der Waals surface area (Å²) in [5, 5.41) is 0. The monoisotopic (exact) mass is 155 g/mol. The smallest absolute Gasteiger partial charge is 0.339 e. The third-order valence-corrected chi connectivity index (χ3v) is 0.769. The molecule has 47 valence electrons. The Morgan fingerprint density at radius 3 is 2.38 bits per heavy atom. The van der Waals surface area contributed by atoms with Crippen molar-refractivity contribution in [3.05, 3.63) is 6.61 Å². The first-order valence-corrected chi connectivity index (χ1v) is 2.82. The number of ether oxygens (including phenoxy) is 1. The molecule has 4 heteroatoms. The van der Waals surface area contributed by atoms with Crippen molar-refractivity contribution in [1.29, 1.82) is 0 Å². The maximum Gasteiger partial charge on any atom is 0.339 e. The van der Waals surface area contributed by atoms with Gasteiger partial charge in [-0.05, 0) is 6.92 Å². The van der Waals surface area contributed by atoms with E-state index in [2.05, 4.69) is 4.74 Å². The van der Waals surface area contributed by atoms with Gasteiger partial charge in [-0.25, -0.2) is 4.79 Å². The number of rotatable bonds is 2. The van der Waals surface area contributed by atoms with Gasteiger partial charge in [0.25, 0.3) is 0 Å². The van der Waals surface area contributed by atoms with Crippen molar-refractivity contribution in [1.82, 2.24) is 0 Å². The third kappa shape index (κ3) is 3.10. The third-order valence-electron chi connectivity index (χ3n) is 0.412. The average Bonchev–Trinajstić information content (AvgIpc) is 1.67. The summed E-state index contributed by atoms with van der Waals surface area (Å²) in [4.78, 5) is 9.15. The molecule has 0 aromatic rings. The van der Waals surface area contributed by atoms with E-state index in [0.29, 0.717) is 0 Å². The van der Waals surface area contributed by atoms with Crippen molar-refractivity contribution in [2.45, 2.75) is 11.8 Å². The molecule has 0 unspecified atom stereocenters. The summed E-state index contributed by atoms with van der Waals surface area (Å²) in [6.07, 6.45) is 0. The van der Waals surface area contributed by atoms with E-state index < -0.39 is 10.8 Å². The highest BCUT2D eigenvalue weighted by Crippen LogP contribution is 2.03. The first-order valence-electron chi connectivity index (χ1n) is 1.95. The Bertz CT molecular complexity index is 82.1. The van der Waals surface area contributed by atoms with Gasteiger partial charge in [-0.3, -0.25) is 0 Å². The zero-order valence-electron chi connectivity index (χ0n) is 4.23. The average molecular weight is 156 g/mol. The predicted octanol–water partition coefficient (Wildman–Crippen LogP) is 1.51. The molecule has 0 fully saturated rings. The van der Waals surface area contributed by atoms with Crippen LogP contribution in [0.2, 0.25) is 0 Å². The SMILES string of the molecule is C[CH]OC(=O)C(Cl)Cl. The van der Waals surface area contributed by atoms with Gasteiger partial charge in [0, 0.05) is 0 Å². The molecule has 0 atom stereocenters. The molecule has 8 heavy (non-hydrogen) atoms. The van der Waals surface area contributed by atoms with Gasteiger partial charge in [0.1, 0.15) is 6.61 Å². The Hall–Kier alpha value is 0.0500. The summed E-state index contributed by atoms with van der Waals surface area (Å²) in [5.41, 5.74) is 0. The van der Waals surface area contributed by atoms with Crippen LogP contribution in [0.25, 0.3) is 0 Å². The lowest BCUT2D eigenvalue weighted by Crippen LogP contribution is -2.09. The minimum atomic E-state index is -1.08. The zero-order valence-corrected chi connectivity index (χ0v) is 5.74. The Morgan fingerprint density at radius 2 is 2.25 bits per heavy atom. The molecule has 0 aromatic heterocycles. The minimum absolute atomic E-state index is 0.643. The van der Waals surface area contributed by atoms with Gasteiger partial charge in [-0.2, -0.15) is 0 Å². The van der Waals surface area contributed by atoms with E-state index in [4.69, 9.17) is 23.2 Å². The van der Waals surface area contributed by atoms with Gasteiger partial charge in [0.05, 0.1) is 0 Å². The lowest BCUT2D eigenvalue weighted by Gasteiger charge is -1.97. The van der Waals surface area contributed by atoms with E-state index in [1.807, 2.05) is 0 Å². The number of alkyl halides is 2. The summed E-state index contributed by atoms with van der Waals surface area (Å²) in [6.45, 7) is 2.79. The maximum atomic E-state index is 10.2.